The highest BCUT2D eigenvalue weighted by Crippen LogP contribution is 2.44. The molecular formula is C28H24N2O5. The third kappa shape index (κ3) is 5.17. The summed E-state index contributed by atoms with van der Waals surface area (Å²) in [7, 11) is 0. The van der Waals surface area contributed by atoms with Crippen LogP contribution in [0.2, 0.25) is 0 Å². The summed E-state index contributed by atoms with van der Waals surface area (Å²) in [6, 6.07) is 21.7. The lowest BCUT2D eigenvalue weighted by molar-refractivity contribution is -0.142. The van der Waals surface area contributed by atoms with Gasteiger partial charge in [0, 0.05) is 12.3 Å². The molecule has 2 atom stereocenters. The first-order valence-corrected chi connectivity index (χ1v) is 11.1. The van der Waals surface area contributed by atoms with Crippen LogP contribution >= 0.6 is 0 Å². The van der Waals surface area contributed by atoms with Gasteiger partial charge in [-0.15, -0.1) is 12.3 Å². The number of carboxylic acids is 1. The van der Waals surface area contributed by atoms with Crippen molar-refractivity contribution >= 4 is 18.0 Å². The Bertz CT molecular complexity index is 1240. The van der Waals surface area contributed by atoms with Crippen molar-refractivity contribution in [2.45, 2.75) is 24.4 Å². The average molecular weight is 469 g/mol. The van der Waals surface area contributed by atoms with E-state index in [9.17, 15) is 19.5 Å². The van der Waals surface area contributed by atoms with Gasteiger partial charge in [-0.3, -0.25) is 4.79 Å². The number of rotatable bonds is 8. The maximum atomic E-state index is 12.8. The largest absolute Gasteiger partial charge is 0.479 e. The molecule has 1 unspecified atom stereocenters. The van der Waals surface area contributed by atoms with E-state index in [1.54, 1.807) is 30.3 Å². The molecule has 3 N–H and O–H groups in total. The van der Waals surface area contributed by atoms with Gasteiger partial charge in [-0.2, -0.15) is 0 Å². The van der Waals surface area contributed by atoms with Crippen LogP contribution in [0.25, 0.3) is 11.1 Å². The van der Waals surface area contributed by atoms with Gasteiger partial charge in [-0.05, 0) is 27.8 Å². The van der Waals surface area contributed by atoms with Crippen LogP contribution in [0.1, 0.15) is 35.1 Å². The Balaban J connectivity index is 1.42. The molecule has 0 spiro atoms. The molecule has 0 radical (unpaired) electrons. The van der Waals surface area contributed by atoms with Crippen molar-refractivity contribution in [3.63, 3.8) is 0 Å². The van der Waals surface area contributed by atoms with Crippen molar-refractivity contribution < 1.29 is 24.2 Å². The molecule has 176 valence electrons. The predicted octanol–water partition coefficient (Wildman–Crippen LogP) is 3.86. The molecule has 4 rings (SSSR count). The average Bonchev–Trinajstić information content (AvgIpc) is 3.19. The van der Waals surface area contributed by atoms with Gasteiger partial charge in [-0.25, -0.2) is 9.59 Å². The Labute approximate surface area is 203 Å². The lowest BCUT2D eigenvalue weighted by Gasteiger charge is -2.21. The molecule has 2 amide bonds. The number of alkyl carbamates (subject to hydrolysis) is 1. The van der Waals surface area contributed by atoms with Crippen LogP contribution in [0.3, 0.4) is 0 Å². The number of benzene rings is 3. The zero-order chi connectivity index (χ0) is 24.8. The summed E-state index contributed by atoms with van der Waals surface area (Å²) in [6.45, 7) is 0.0754. The number of hydrogen-bond acceptors (Lipinski definition) is 4. The fraction of sp³-hybridized carbons (Fsp3) is 0.179. The molecular weight excluding hydrogens is 444 g/mol. The molecule has 1 aliphatic carbocycles. The van der Waals surface area contributed by atoms with E-state index in [0.29, 0.717) is 5.56 Å². The number of carboxylic acid groups (broad SMARTS) is 1. The van der Waals surface area contributed by atoms with Crippen molar-refractivity contribution in [1.82, 2.24) is 10.6 Å². The summed E-state index contributed by atoms with van der Waals surface area (Å²) < 4.78 is 5.49. The number of nitrogens with one attached hydrogen (secondary N) is 2. The first-order chi connectivity index (χ1) is 17.0. The first kappa shape index (κ1) is 23.6. The minimum atomic E-state index is -1.28. The Kier molecular flexibility index (Phi) is 7.12. The van der Waals surface area contributed by atoms with E-state index in [-0.39, 0.29) is 18.9 Å². The van der Waals surface area contributed by atoms with E-state index < -0.39 is 30.1 Å². The van der Waals surface area contributed by atoms with Gasteiger partial charge in [0.2, 0.25) is 5.91 Å². The van der Waals surface area contributed by atoms with E-state index >= 15 is 0 Å². The van der Waals surface area contributed by atoms with Crippen LogP contribution in [0.5, 0.6) is 0 Å². The fourth-order valence-corrected chi connectivity index (χ4v) is 4.29. The Morgan fingerprint density at radius 1 is 0.886 bits per heavy atom. The molecule has 0 fully saturated rings. The van der Waals surface area contributed by atoms with Crippen molar-refractivity contribution in [1.29, 1.82) is 0 Å². The van der Waals surface area contributed by atoms with Crippen molar-refractivity contribution in [3.8, 4) is 23.5 Å². The van der Waals surface area contributed by atoms with Gasteiger partial charge >= 0.3 is 12.1 Å². The highest BCUT2D eigenvalue weighted by atomic mass is 16.5. The number of ether oxygens (including phenoxy) is 1. The molecule has 0 aromatic heterocycles. The zero-order valence-electron chi connectivity index (χ0n) is 18.8. The van der Waals surface area contributed by atoms with Gasteiger partial charge in [0.05, 0.1) is 0 Å². The quantitative estimate of drug-likeness (QED) is 0.436. The van der Waals surface area contributed by atoms with Gasteiger partial charge in [0.15, 0.2) is 6.04 Å². The second kappa shape index (κ2) is 10.6. The van der Waals surface area contributed by atoms with Crippen LogP contribution in [0.4, 0.5) is 4.79 Å². The number of terminal acetylenes is 1. The van der Waals surface area contributed by atoms with E-state index in [0.717, 1.165) is 22.3 Å². The highest BCUT2D eigenvalue weighted by molar-refractivity contribution is 5.90. The summed E-state index contributed by atoms with van der Waals surface area (Å²) in [5.41, 5.74) is 4.72. The molecule has 3 aromatic carbocycles. The summed E-state index contributed by atoms with van der Waals surface area (Å²) in [6.07, 6.45) is 4.45. The SMILES string of the molecule is C#CCC(NC(=O)OCC1c2ccccc2-c2ccccc21)C(=O)N[C@H](C(=O)O)c1ccccc1. The number of hydrogen-bond donors (Lipinski definition) is 3. The molecule has 0 heterocycles. The van der Waals surface area contributed by atoms with E-state index in [4.69, 9.17) is 11.2 Å². The summed E-state index contributed by atoms with van der Waals surface area (Å²) in [5, 5.41) is 14.5. The Morgan fingerprint density at radius 2 is 1.46 bits per heavy atom. The maximum Gasteiger partial charge on any atom is 0.407 e. The number of carbonyl (C=O) groups excluding carboxylic acids is 2. The topological polar surface area (TPSA) is 105 Å². The summed E-state index contributed by atoms with van der Waals surface area (Å²) >= 11 is 0. The molecule has 0 bridgehead atoms. The first-order valence-electron chi connectivity index (χ1n) is 11.1. The Morgan fingerprint density at radius 3 is 2.03 bits per heavy atom. The van der Waals surface area contributed by atoms with E-state index in [1.807, 2.05) is 48.5 Å². The molecule has 35 heavy (non-hydrogen) atoms. The maximum absolute atomic E-state index is 12.8. The highest BCUT2D eigenvalue weighted by Gasteiger charge is 2.31. The van der Waals surface area contributed by atoms with Crippen LogP contribution in [0.15, 0.2) is 78.9 Å². The summed E-state index contributed by atoms with van der Waals surface area (Å²) in [5.74, 6) is 0.258. The van der Waals surface area contributed by atoms with Crippen LogP contribution in [-0.2, 0) is 14.3 Å². The molecule has 7 heteroatoms. The lowest BCUT2D eigenvalue weighted by Crippen LogP contribution is -2.49. The zero-order valence-corrected chi connectivity index (χ0v) is 18.8. The number of amides is 2. The third-order valence-corrected chi connectivity index (χ3v) is 5.94. The summed E-state index contributed by atoms with van der Waals surface area (Å²) in [4.78, 5) is 37.1. The molecule has 1 aliphatic rings. The Hall–Kier alpha value is -4.57. The number of carbonyl (C=O) groups is 3. The fourth-order valence-electron chi connectivity index (χ4n) is 4.29. The molecule has 3 aromatic rings. The standard InChI is InChI=1S/C28H24N2O5/c1-2-10-24(26(31)30-25(27(32)33)18-11-4-3-5-12-18)29-28(34)35-17-23-21-15-8-6-13-19(21)20-14-7-9-16-22(20)23/h1,3-9,11-16,23-25H,10,17H2,(H,29,34)(H,30,31)(H,32,33)/t24?,25-/m0/s1. The van der Waals surface area contributed by atoms with Crippen molar-refractivity contribution in [2.75, 3.05) is 6.61 Å². The normalized spacial score (nSPS) is 13.5. The van der Waals surface area contributed by atoms with Gasteiger partial charge < -0.3 is 20.5 Å². The van der Waals surface area contributed by atoms with Crippen LogP contribution in [-0.4, -0.2) is 35.7 Å². The van der Waals surface area contributed by atoms with Crippen molar-refractivity contribution in [2.24, 2.45) is 0 Å². The minimum absolute atomic E-state index is 0.0754. The lowest BCUT2D eigenvalue weighted by atomic mass is 9.98. The van der Waals surface area contributed by atoms with E-state index in [2.05, 4.69) is 16.6 Å². The predicted molar refractivity (Wildman–Crippen MR) is 130 cm³/mol. The van der Waals surface area contributed by atoms with Crippen molar-refractivity contribution in [3.05, 3.63) is 95.6 Å². The number of aliphatic carboxylic acids is 1. The number of fused-ring (bicyclic) bond motifs is 3. The molecule has 0 aliphatic heterocycles. The smallest absolute Gasteiger partial charge is 0.407 e. The monoisotopic (exact) mass is 468 g/mol. The van der Waals surface area contributed by atoms with Gasteiger partial charge in [-0.1, -0.05) is 78.9 Å². The molecule has 7 nitrogen and oxygen atoms in total. The van der Waals surface area contributed by atoms with Crippen LogP contribution < -0.4 is 10.6 Å². The molecule has 0 saturated carbocycles. The van der Waals surface area contributed by atoms with Crippen LogP contribution in [0, 0.1) is 12.3 Å². The second-order valence-electron chi connectivity index (χ2n) is 8.12. The van der Waals surface area contributed by atoms with Gasteiger partial charge in [0.1, 0.15) is 12.6 Å². The third-order valence-electron chi connectivity index (χ3n) is 5.94. The second-order valence-corrected chi connectivity index (χ2v) is 8.12. The minimum Gasteiger partial charge on any atom is -0.479 e. The van der Waals surface area contributed by atoms with E-state index in [1.165, 1.54) is 0 Å². The molecule has 0 saturated heterocycles. The van der Waals surface area contributed by atoms with Gasteiger partial charge in [0.25, 0.3) is 0 Å².